The summed E-state index contributed by atoms with van der Waals surface area (Å²) in [7, 11) is 0. The summed E-state index contributed by atoms with van der Waals surface area (Å²) >= 11 is 0. The van der Waals surface area contributed by atoms with E-state index >= 15 is 0 Å². The fourth-order valence-electron chi connectivity index (χ4n) is 3.50. The largest absolute Gasteiger partial charge is 0.334 e. The quantitative estimate of drug-likeness (QED) is 0.868. The summed E-state index contributed by atoms with van der Waals surface area (Å²) in [5, 5.41) is 0. The summed E-state index contributed by atoms with van der Waals surface area (Å²) in [6.07, 6.45) is 7.26. The van der Waals surface area contributed by atoms with E-state index in [9.17, 15) is 4.79 Å². The highest BCUT2D eigenvalue weighted by Crippen LogP contribution is 2.24. The van der Waals surface area contributed by atoms with E-state index in [0.29, 0.717) is 6.04 Å². The van der Waals surface area contributed by atoms with Crippen LogP contribution >= 0.6 is 0 Å². The number of hydrogen-bond acceptors (Lipinski definition) is 2. The number of piperidine rings is 1. The van der Waals surface area contributed by atoms with Crippen LogP contribution in [0.4, 0.5) is 0 Å². The Hall–Kier alpha value is -1.84. The van der Waals surface area contributed by atoms with Crippen molar-refractivity contribution in [3.63, 3.8) is 0 Å². The molecule has 3 heterocycles. The summed E-state index contributed by atoms with van der Waals surface area (Å²) in [6.45, 7) is 7.17. The Kier molecular flexibility index (Phi) is 4.19. The standard InChI is InChI=1S/C18H25N3O/c1-4-14-8-6-7-10-20(14)18(22)17-15(5-2)19-16-12-13(3)9-11-21(16)17/h9,11-12,14H,4-8,10H2,1-3H3. The Morgan fingerprint density at radius 2 is 2.18 bits per heavy atom. The van der Waals surface area contributed by atoms with Gasteiger partial charge < -0.3 is 4.90 Å². The molecule has 1 unspecified atom stereocenters. The zero-order valence-electron chi connectivity index (χ0n) is 13.8. The van der Waals surface area contributed by atoms with Gasteiger partial charge in [-0.25, -0.2) is 4.98 Å². The molecule has 1 amide bonds. The van der Waals surface area contributed by atoms with E-state index in [-0.39, 0.29) is 5.91 Å². The molecule has 0 aromatic carbocycles. The number of nitrogens with zero attached hydrogens (tertiary/aromatic N) is 3. The van der Waals surface area contributed by atoms with Gasteiger partial charge in [0, 0.05) is 18.8 Å². The number of rotatable bonds is 3. The second-order valence-corrected chi connectivity index (χ2v) is 6.25. The molecule has 0 aliphatic carbocycles. The normalized spacial score (nSPS) is 18.9. The number of aryl methyl sites for hydroxylation is 2. The van der Waals surface area contributed by atoms with Crippen molar-refractivity contribution in [2.75, 3.05) is 6.54 Å². The summed E-state index contributed by atoms with van der Waals surface area (Å²) in [4.78, 5) is 19.9. The molecule has 2 aromatic rings. The molecular weight excluding hydrogens is 274 g/mol. The topological polar surface area (TPSA) is 37.6 Å². The average Bonchev–Trinajstić information content (AvgIpc) is 2.91. The number of pyridine rings is 1. The smallest absolute Gasteiger partial charge is 0.273 e. The van der Waals surface area contributed by atoms with Crippen LogP contribution in [-0.4, -0.2) is 32.8 Å². The van der Waals surface area contributed by atoms with Gasteiger partial charge >= 0.3 is 0 Å². The number of likely N-dealkylation sites (tertiary alicyclic amines) is 1. The summed E-state index contributed by atoms with van der Waals surface area (Å²) < 4.78 is 1.97. The van der Waals surface area contributed by atoms with Crippen LogP contribution in [-0.2, 0) is 6.42 Å². The first-order valence-electron chi connectivity index (χ1n) is 8.44. The first-order valence-corrected chi connectivity index (χ1v) is 8.44. The van der Waals surface area contributed by atoms with Gasteiger partial charge in [0.05, 0.1) is 5.69 Å². The first-order chi connectivity index (χ1) is 10.7. The molecule has 0 bridgehead atoms. The molecule has 118 valence electrons. The fourth-order valence-corrected chi connectivity index (χ4v) is 3.50. The number of carbonyl (C=O) groups is 1. The molecule has 0 spiro atoms. The van der Waals surface area contributed by atoms with Crippen molar-refractivity contribution in [3.8, 4) is 0 Å². The first kappa shape index (κ1) is 15.1. The molecule has 4 nitrogen and oxygen atoms in total. The summed E-state index contributed by atoms with van der Waals surface area (Å²) in [6, 6.07) is 4.46. The Morgan fingerprint density at radius 1 is 1.36 bits per heavy atom. The monoisotopic (exact) mass is 299 g/mol. The lowest BCUT2D eigenvalue weighted by atomic mass is 9.99. The minimum absolute atomic E-state index is 0.153. The third-order valence-electron chi connectivity index (χ3n) is 4.75. The lowest BCUT2D eigenvalue weighted by Gasteiger charge is -2.35. The highest BCUT2D eigenvalue weighted by molar-refractivity contribution is 5.95. The molecular formula is C18H25N3O. The van der Waals surface area contributed by atoms with E-state index in [1.54, 1.807) is 0 Å². The number of carbonyl (C=O) groups excluding carboxylic acids is 1. The van der Waals surface area contributed by atoms with Crippen LogP contribution in [0.25, 0.3) is 5.65 Å². The van der Waals surface area contributed by atoms with Gasteiger partial charge in [0.15, 0.2) is 0 Å². The third-order valence-corrected chi connectivity index (χ3v) is 4.75. The molecule has 4 heteroatoms. The van der Waals surface area contributed by atoms with Gasteiger partial charge in [0.25, 0.3) is 5.91 Å². The highest BCUT2D eigenvalue weighted by Gasteiger charge is 2.29. The Morgan fingerprint density at radius 3 is 2.91 bits per heavy atom. The van der Waals surface area contributed by atoms with Gasteiger partial charge in [-0.2, -0.15) is 0 Å². The van der Waals surface area contributed by atoms with Crippen molar-refractivity contribution in [1.82, 2.24) is 14.3 Å². The highest BCUT2D eigenvalue weighted by atomic mass is 16.2. The van der Waals surface area contributed by atoms with E-state index < -0.39 is 0 Å². The van der Waals surface area contributed by atoms with Crippen LogP contribution < -0.4 is 0 Å². The molecule has 0 N–H and O–H groups in total. The fraction of sp³-hybridized carbons (Fsp3) is 0.556. The Balaban J connectivity index is 2.06. The second kappa shape index (κ2) is 6.11. The minimum atomic E-state index is 0.153. The molecule has 0 radical (unpaired) electrons. The van der Waals surface area contributed by atoms with Gasteiger partial charge in [-0.15, -0.1) is 0 Å². The molecule has 1 saturated heterocycles. The number of imidazole rings is 1. The maximum Gasteiger partial charge on any atom is 0.273 e. The molecule has 1 aliphatic heterocycles. The van der Waals surface area contributed by atoms with E-state index in [0.717, 1.165) is 49.3 Å². The molecule has 1 atom stereocenters. The van der Waals surface area contributed by atoms with Crippen LogP contribution in [0.1, 0.15) is 61.3 Å². The summed E-state index contributed by atoms with van der Waals surface area (Å²) in [5.41, 5.74) is 3.72. The Labute approximate surface area is 132 Å². The van der Waals surface area contributed by atoms with Gasteiger partial charge in [0.1, 0.15) is 11.3 Å². The predicted octanol–water partition coefficient (Wildman–Crippen LogP) is 3.61. The van der Waals surface area contributed by atoms with Crippen molar-refractivity contribution in [2.45, 2.75) is 58.9 Å². The van der Waals surface area contributed by atoms with Crippen LogP contribution in [0.2, 0.25) is 0 Å². The van der Waals surface area contributed by atoms with Gasteiger partial charge in [0.2, 0.25) is 0 Å². The molecule has 2 aromatic heterocycles. The van der Waals surface area contributed by atoms with Crippen molar-refractivity contribution in [3.05, 3.63) is 35.3 Å². The van der Waals surface area contributed by atoms with Crippen molar-refractivity contribution >= 4 is 11.6 Å². The number of aromatic nitrogens is 2. The maximum absolute atomic E-state index is 13.2. The van der Waals surface area contributed by atoms with Crippen molar-refractivity contribution in [1.29, 1.82) is 0 Å². The van der Waals surface area contributed by atoms with E-state index in [2.05, 4.69) is 30.7 Å². The zero-order chi connectivity index (χ0) is 15.7. The van der Waals surface area contributed by atoms with Gasteiger partial charge in [-0.3, -0.25) is 9.20 Å². The number of fused-ring (bicyclic) bond motifs is 1. The van der Waals surface area contributed by atoms with Crippen molar-refractivity contribution in [2.24, 2.45) is 0 Å². The van der Waals surface area contributed by atoms with Crippen molar-refractivity contribution < 1.29 is 4.79 Å². The van der Waals surface area contributed by atoms with E-state index in [1.165, 1.54) is 12.0 Å². The number of amides is 1. The van der Waals surface area contributed by atoms with Crippen LogP contribution in [0.5, 0.6) is 0 Å². The summed E-state index contributed by atoms with van der Waals surface area (Å²) in [5.74, 6) is 0.153. The molecule has 3 rings (SSSR count). The van der Waals surface area contributed by atoms with Gasteiger partial charge in [-0.05, 0) is 56.7 Å². The van der Waals surface area contributed by atoms with E-state index in [1.807, 2.05) is 22.7 Å². The van der Waals surface area contributed by atoms with Crippen LogP contribution in [0.15, 0.2) is 18.3 Å². The number of hydrogen-bond donors (Lipinski definition) is 0. The second-order valence-electron chi connectivity index (χ2n) is 6.25. The maximum atomic E-state index is 13.2. The molecule has 22 heavy (non-hydrogen) atoms. The molecule has 0 saturated carbocycles. The van der Waals surface area contributed by atoms with Gasteiger partial charge in [-0.1, -0.05) is 13.8 Å². The molecule has 1 fully saturated rings. The van der Waals surface area contributed by atoms with Crippen LogP contribution in [0.3, 0.4) is 0 Å². The lowest BCUT2D eigenvalue weighted by Crippen LogP contribution is -2.44. The SMILES string of the molecule is CCc1nc2cc(C)ccn2c1C(=O)N1CCCCC1CC. The Bertz CT molecular complexity index is 689. The third kappa shape index (κ3) is 2.51. The average molecular weight is 299 g/mol. The van der Waals surface area contributed by atoms with Crippen LogP contribution in [0, 0.1) is 6.92 Å². The van der Waals surface area contributed by atoms with E-state index in [4.69, 9.17) is 0 Å². The zero-order valence-corrected chi connectivity index (χ0v) is 13.8. The minimum Gasteiger partial charge on any atom is -0.334 e. The predicted molar refractivity (Wildman–Crippen MR) is 88.3 cm³/mol. The lowest BCUT2D eigenvalue weighted by molar-refractivity contribution is 0.0599. The molecule has 1 aliphatic rings.